The van der Waals surface area contributed by atoms with Gasteiger partial charge in [-0.1, -0.05) is 43.7 Å². The van der Waals surface area contributed by atoms with Crippen LogP contribution in [0.1, 0.15) is 36.1 Å². The molecule has 0 aliphatic heterocycles. The summed E-state index contributed by atoms with van der Waals surface area (Å²) in [5.74, 6) is 0.820. The molecule has 0 aromatic heterocycles. The highest BCUT2D eigenvalue weighted by Crippen LogP contribution is 2.29. The van der Waals surface area contributed by atoms with E-state index in [-0.39, 0.29) is 6.04 Å². The molecule has 0 amide bonds. The van der Waals surface area contributed by atoms with Gasteiger partial charge >= 0.3 is 0 Å². The second-order valence-corrected chi connectivity index (χ2v) is 5.72. The number of aryl methyl sites for hydroxylation is 1. The topological polar surface area (TPSA) is 35.2 Å². The lowest BCUT2D eigenvalue weighted by Gasteiger charge is -2.15. The van der Waals surface area contributed by atoms with Crippen LogP contribution in [-0.2, 0) is 6.42 Å². The summed E-state index contributed by atoms with van der Waals surface area (Å²) in [6, 6.07) is 14.4. The van der Waals surface area contributed by atoms with E-state index in [1.807, 2.05) is 18.2 Å². The van der Waals surface area contributed by atoms with Crippen LogP contribution in [0.15, 0.2) is 46.9 Å². The Kier molecular flexibility index (Phi) is 5.21. The van der Waals surface area contributed by atoms with Gasteiger partial charge in [0.25, 0.3) is 0 Å². The van der Waals surface area contributed by atoms with Crippen LogP contribution >= 0.6 is 15.9 Å². The highest BCUT2D eigenvalue weighted by Gasteiger charge is 2.11. The van der Waals surface area contributed by atoms with Crippen LogP contribution in [-0.4, -0.2) is 7.11 Å². The predicted octanol–water partition coefficient (Wildman–Crippen LogP) is 4.46. The van der Waals surface area contributed by atoms with Crippen LogP contribution in [0.3, 0.4) is 0 Å². The van der Waals surface area contributed by atoms with Gasteiger partial charge < -0.3 is 10.5 Å². The van der Waals surface area contributed by atoms with Gasteiger partial charge in [0.2, 0.25) is 0 Å². The van der Waals surface area contributed by atoms with E-state index in [2.05, 4.69) is 47.1 Å². The SMILES string of the molecule is CCCc1cccc(C(N)c2ccc(OC)c(Br)c2)c1. The van der Waals surface area contributed by atoms with Crippen LogP contribution in [0, 0.1) is 0 Å². The minimum atomic E-state index is -0.117. The van der Waals surface area contributed by atoms with Gasteiger partial charge in [0.05, 0.1) is 17.6 Å². The number of ether oxygens (including phenoxy) is 1. The molecule has 0 radical (unpaired) electrons. The number of nitrogens with two attached hydrogens (primary N) is 1. The van der Waals surface area contributed by atoms with Gasteiger partial charge in [-0.25, -0.2) is 0 Å². The molecule has 0 aliphatic rings. The van der Waals surface area contributed by atoms with Crippen molar-refractivity contribution in [2.24, 2.45) is 5.73 Å². The van der Waals surface area contributed by atoms with Gasteiger partial charge in [-0.3, -0.25) is 0 Å². The Morgan fingerprint density at radius 2 is 1.90 bits per heavy atom. The molecule has 2 aromatic rings. The molecule has 0 spiro atoms. The summed E-state index contributed by atoms with van der Waals surface area (Å²) < 4.78 is 6.18. The largest absolute Gasteiger partial charge is 0.496 e. The average molecular weight is 334 g/mol. The van der Waals surface area contributed by atoms with E-state index in [0.29, 0.717) is 0 Å². The van der Waals surface area contributed by atoms with Crippen molar-refractivity contribution in [1.82, 2.24) is 0 Å². The molecule has 2 aromatic carbocycles. The minimum absolute atomic E-state index is 0.117. The molecule has 2 nitrogen and oxygen atoms in total. The molecule has 106 valence electrons. The summed E-state index contributed by atoms with van der Waals surface area (Å²) in [5, 5.41) is 0. The first kappa shape index (κ1) is 15.1. The minimum Gasteiger partial charge on any atom is -0.496 e. The van der Waals surface area contributed by atoms with Crippen molar-refractivity contribution in [3.63, 3.8) is 0 Å². The Balaban J connectivity index is 2.28. The van der Waals surface area contributed by atoms with E-state index in [0.717, 1.165) is 34.2 Å². The first-order valence-electron chi connectivity index (χ1n) is 6.83. The maximum atomic E-state index is 6.38. The van der Waals surface area contributed by atoms with Crippen molar-refractivity contribution in [3.05, 3.63) is 63.6 Å². The first-order valence-corrected chi connectivity index (χ1v) is 7.63. The van der Waals surface area contributed by atoms with Crippen LogP contribution in [0.5, 0.6) is 5.75 Å². The standard InChI is InChI=1S/C17H20BrNO/c1-3-5-12-6-4-7-13(10-12)17(19)14-8-9-16(20-2)15(18)11-14/h4,6-11,17H,3,5,19H2,1-2H3. The van der Waals surface area contributed by atoms with Crippen LogP contribution in [0.2, 0.25) is 0 Å². The fourth-order valence-corrected chi connectivity index (χ4v) is 2.86. The summed E-state index contributed by atoms with van der Waals surface area (Å²) in [5.41, 5.74) is 9.94. The van der Waals surface area contributed by atoms with Crippen LogP contribution in [0.25, 0.3) is 0 Å². The Morgan fingerprint density at radius 3 is 2.55 bits per heavy atom. The number of rotatable bonds is 5. The van der Waals surface area contributed by atoms with E-state index >= 15 is 0 Å². The Hall–Kier alpha value is -1.32. The van der Waals surface area contributed by atoms with Crippen molar-refractivity contribution in [1.29, 1.82) is 0 Å². The van der Waals surface area contributed by atoms with E-state index in [1.54, 1.807) is 7.11 Å². The lowest BCUT2D eigenvalue weighted by Crippen LogP contribution is -2.12. The van der Waals surface area contributed by atoms with Crippen molar-refractivity contribution >= 4 is 15.9 Å². The molecule has 0 fully saturated rings. The zero-order valence-corrected chi connectivity index (χ0v) is 13.5. The smallest absolute Gasteiger partial charge is 0.133 e. The summed E-state index contributed by atoms with van der Waals surface area (Å²) in [7, 11) is 1.66. The zero-order valence-electron chi connectivity index (χ0n) is 11.9. The fourth-order valence-electron chi connectivity index (χ4n) is 2.30. The zero-order chi connectivity index (χ0) is 14.5. The quantitative estimate of drug-likeness (QED) is 0.876. The van der Waals surface area contributed by atoms with Crippen molar-refractivity contribution in [3.8, 4) is 5.75 Å². The number of benzene rings is 2. The number of hydrogen-bond donors (Lipinski definition) is 1. The maximum absolute atomic E-state index is 6.38. The van der Waals surface area contributed by atoms with Crippen LogP contribution in [0.4, 0.5) is 0 Å². The molecule has 1 atom stereocenters. The predicted molar refractivity (Wildman–Crippen MR) is 87.2 cm³/mol. The maximum Gasteiger partial charge on any atom is 0.133 e. The molecular formula is C17H20BrNO. The Morgan fingerprint density at radius 1 is 1.15 bits per heavy atom. The third-order valence-corrected chi connectivity index (χ3v) is 4.00. The molecule has 0 saturated heterocycles. The van der Waals surface area contributed by atoms with Crippen molar-refractivity contribution in [2.75, 3.05) is 7.11 Å². The highest BCUT2D eigenvalue weighted by molar-refractivity contribution is 9.10. The van der Waals surface area contributed by atoms with E-state index < -0.39 is 0 Å². The average Bonchev–Trinajstić information content (AvgIpc) is 2.47. The lowest BCUT2D eigenvalue weighted by molar-refractivity contribution is 0.412. The molecule has 20 heavy (non-hydrogen) atoms. The molecular weight excluding hydrogens is 314 g/mol. The molecule has 1 unspecified atom stereocenters. The van der Waals surface area contributed by atoms with Gasteiger partial charge in [0.1, 0.15) is 5.75 Å². The number of halogens is 1. The van der Waals surface area contributed by atoms with Gasteiger partial charge in [-0.05, 0) is 51.2 Å². The fraction of sp³-hybridized carbons (Fsp3) is 0.294. The van der Waals surface area contributed by atoms with Gasteiger partial charge in [0.15, 0.2) is 0 Å². The first-order chi connectivity index (χ1) is 9.65. The summed E-state index contributed by atoms with van der Waals surface area (Å²) in [4.78, 5) is 0. The second kappa shape index (κ2) is 6.91. The number of hydrogen-bond acceptors (Lipinski definition) is 2. The molecule has 0 saturated carbocycles. The molecule has 0 bridgehead atoms. The lowest BCUT2D eigenvalue weighted by atomic mass is 9.97. The Labute approximate surface area is 129 Å². The molecule has 2 rings (SSSR count). The normalized spacial score (nSPS) is 12.2. The number of methoxy groups -OCH3 is 1. The van der Waals surface area contributed by atoms with E-state index in [9.17, 15) is 0 Å². The molecule has 3 heteroatoms. The molecule has 0 aliphatic carbocycles. The Bertz CT molecular complexity index is 583. The van der Waals surface area contributed by atoms with Crippen molar-refractivity contribution in [2.45, 2.75) is 25.8 Å². The van der Waals surface area contributed by atoms with Gasteiger partial charge in [-0.2, -0.15) is 0 Å². The summed E-state index contributed by atoms with van der Waals surface area (Å²) in [6.45, 7) is 2.19. The van der Waals surface area contributed by atoms with Gasteiger partial charge in [-0.15, -0.1) is 0 Å². The van der Waals surface area contributed by atoms with Crippen molar-refractivity contribution < 1.29 is 4.74 Å². The summed E-state index contributed by atoms with van der Waals surface area (Å²) in [6.07, 6.45) is 2.24. The third kappa shape index (κ3) is 3.41. The molecule has 0 heterocycles. The molecule has 2 N–H and O–H groups in total. The van der Waals surface area contributed by atoms with Gasteiger partial charge in [0, 0.05) is 0 Å². The van der Waals surface area contributed by atoms with E-state index in [1.165, 1.54) is 5.56 Å². The highest BCUT2D eigenvalue weighted by atomic mass is 79.9. The van der Waals surface area contributed by atoms with Crippen LogP contribution < -0.4 is 10.5 Å². The third-order valence-electron chi connectivity index (χ3n) is 3.38. The second-order valence-electron chi connectivity index (χ2n) is 4.87. The monoisotopic (exact) mass is 333 g/mol. The van der Waals surface area contributed by atoms with E-state index in [4.69, 9.17) is 10.5 Å². The summed E-state index contributed by atoms with van der Waals surface area (Å²) >= 11 is 3.51.